The predicted octanol–water partition coefficient (Wildman–Crippen LogP) is 4.29. The lowest BCUT2D eigenvalue weighted by molar-refractivity contribution is -0.384. The molecule has 0 unspecified atom stereocenters. The molecule has 1 aromatic rings. The third-order valence-electron chi connectivity index (χ3n) is 4.35. The molecule has 1 fully saturated rings. The van der Waals surface area contributed by atoms with Crippen LogP contribution in [0.5, 0.6) is 0 Å². The van der Waals surface area contributed by atoms with Gasteiger partial charge in [0.05, 0.1) is 4.92 Å². The van der Waals surface area contributed by atoms with Crippen LogP contribution in [0.2, 0.25) is 0 Å². The number of hydrogen-bond acceptors (Lipinski definition) is 3. The Labute approximate surface area is 114 Å². The molecule has 1 saturated carbocycles. The van der Waals surface area contributed by atoms with E-state index in [-0.39, 0.29) is 10.6 Å². The SMILES string of the molecule is CCC1(CNc2cc(C)cc([N+](=O)[O-])c2)CCCC1. The van der Waals surface area contributed by atoms with Gasteiger partial charge in [0.15, 0.2) is 0 Å². The van der Waals surface area contributed by atoms with Crippen molar-refractivity contribution in [3.05, 3.63) is 33.9 Å². The molecule has 0 radical (unpaired) electrons. The van der Waals surface area contributed by atoms with Gasteiger partial charge in [-0.3, -0.25) is 10.1 Å². The van der Waals surface area contributed by atoms with Crippen LogP contribution in [-0.4, -0.2) is 11.5 Å². The standard InChI is InChI=1S/C15H22N2O2/c1-3-15(6-4-5-7-15)11-16-13-8-12(2)9-14(10-13)17(18)19/h8-10,16H,3-7,11H2,1-2H3. The number of anilines is 1. The summed E-state index contributed by atoms with van der Waals surface area (Å²) in [4.78, 5) is 10.5. The molecule has 1 aromatic carbocycles. The summed E-state index contributed by atoms with van der Waals surface area (Å²) in [7, 11) is 0. The molecular weight excluding hydrogens is 240 g/mol. The number of rotatable bonds is 5. The van der Waals surface area contributed by atoms with Crippen molar-refractivity contribution in [2.75, 3.05) is 11.9 Å². The fraction of sp³-hybridized carbons (Fsp3) is 0.600. The molecule has 104 valence electrons. The molecule has 1 N–H and O–H groups in total. The van der Waals surface area contributed by atoms with Gasteiger partial charge in [-0.05, 0) is 43.2 Å². The minimum absolute atomic E-state index is 0.166. The Morgan fingerprint density at radius 3 is 2.58 bits per heavy atom. The third-order valence-corrected chi connectivity index (χ3v) is 4.35. The maximum Gasteiger partial charge on any atom is 0.271 e. The van der Waals surface area contributed by atoms with Crippen molar-refractivity contribution in [2.45, 2.75) is 46.0 Å². The molecule has 4 heteroatoms. The fourth-order valence-corrected chi connectivity index (χ4v) is 3.04. The highest BCUT2D eigenvalue weighted by Gasteiger charge is 2.31. The Kier molecular flexibility index (Phi) is 4.08. The first kappa shape index (κ1) is 13.8. The van der Waals surface area contributed by atoms with Gasteiger partial charge in [-0.1, -0.05) is 19.8 Å². The molecule has 4 nitrogen and oxygen atoms in total. The second-order valence-corrected chi connectivity index (χ2v) is 5.73. The summed E-state index contributed by atoms with van der Waals surface area (Å²) >= 11 is 0. The number of nitro benzene ring substituents is 1. The molecule has 0 amide bonds. The summed E-state index contributed by atoms with van der Waals surface area (Å²) in [5, 5.41) is 14.3. The average Bonchev–Trinajstić information content (AvgIpc) is 2.85. The summed E-state index contributed by atoms with van der Waals surface area (Å²) < 4.78 is 0. The van der Waals surface area contributed by atoms with Gasteiger partial charge in [0.2, 0.25) is 0 Å². The van der Waals surface area contributed by atoms with Gasteiger partial charge in [-0.2, -0.15) is 0 Å². The van der Waals surface area contributed by atoms with Crippen LogP contribution in [0.1, 0.15) is 44.6 Å². The van der Waals surface area contributed by atoms with Crippen LogP contribution in [0.4, 0.5) is 11.4 Å². The van der Waals surface area contributed by atoms with E-state index in [2.05, 4.69) is 12.2 Å². The fourth-order valence-electron chi connectivity index (χ4n) is 3.04. The smallest absolute Gasteiger partial charge is 0.271 e. The minimum atomic E-state index is -0.330. The largest absolute Gasteiger partial charge is 0.384 e. The average molecular weight is 262 g/mol. The molecule has 0 bridgehead atoms. The zero-order chi connectivity index (χ0) is 13.9. The Morgan fingerprint density at radius 1 is 1.32 bits per heavy atom. The zero-order valence-corrected chi connectivity index (χ0v) is 11.7. The van der Waals surface area contributed by atoms with Gasteiger partial charge < -0.3 is 5.32 Å². The summed E-state index contributed by atoms with van der Waals surface area (Å²) in [5.41, 5.74) is 2.35. The molecule has 1 aliphatic carbocycles. The summed E-state index contributed by atoms with van der Waals surface area (Å²) in [5.74, 6) is 0. The van der Waals surface area contributed by atoms with Crippen molar-refractivity contribution < 1.29 is 4.92 Å². The maximum atomic E-state index is 10.9. The van der Waals surface area contributed by atoms with Crippen molar-refractivity contribution in [1.82, 2.24) is 0 Å². The first-order chi connectivity index (χ1) is 9.04. The molecule has 0 aromatic heterocycles. The quantitative estimate of drug-likeness (QED) is 0.636. The molecule has 19 heavy (non-hydrogen) atoms. The second-order valence-electron chi connectivity index (χ2n) is 5.73. The molecule has 0 heterocycles. The van der Waals surface area contributed by atoms with Gasteiger partial charge in [0, 0.05) is 24.4 Å². The molecule has 1 aliphatic rings. The highest BCUT2D eigenvalue weighted by atomic mass is 16.6. The number of non-ortho nitro benzene ring substituents is 1. The van der Waals surface area contributed by atoms with E-state index in [9.17, 15) is 10.1 Å². The highest BCUT2D eigenvalue weighted by molar-refractivity contribution is 5.53. The number of aryl methyl sites for hydroxylation is 1. The van der Waals surface area contributed by atoms with Crippen LogP contribution in [0.15, 0.2) is 18.2 Å². The Hall–Kier alpha value is -1.58. The second kappa shape index (κ2) is 5.59. The van der Waals surface area contributed by atoms with Crippen molar-refractivity contribution in [2.24, 2.45) is 5.41 Å². The lowest BCUT2D eigenvalue weighted by atomic mass is 9.83. The predicted molar refractivity (Wildman–Crippen MR) is 77.5 cm³/mol. The molecule has 0 aliphatic heterocycles. The van der Waals surface area contributed by atoms with Gasteiger partial charge in [0.1, 0.15) is 0 Å². The monoisotopic (exact) mass is 262 g/mol. The molecule has 0 spiro atoms. The van der Waals surface area contributed by atoms with Gasteiger partial charge in [-0.25, -0.2) is 0 Å². The molecule has 0 saturated heterocycles. The lowest BCUT2D eigenvalue weighted by Crippen LogP contribution is -2.25. The van der Waals surface area contributed by atoms with Gasteiger partial charge >= 0.3 is 0 Å². The van der Waals surface area contributed by atoms with Crippen LogP contribution in [0.3, 0.4) is 0 Å². The van der Waals surface area contributed by atoms with E-state index in [4.69, 9.17) is 0 Å². The van der Waals surface area contributed by atoms with Crippen LogP contribution in [0.25, 0.3) is 0 Å². The minimum Gasteiger partial charge on any atom is -0.384 e. The third kappa shape index (κ3) is 3.25. The number of nitrogens with zero attached hydrogens (tertiary/aromatic N) is 1. The van der Waals surface area contributed by atoms with Crippen LogP contribution < -0.4 is 5.32 Å². The number of nitrogens with one attached hydrogen (secondary N) is 1. The van der Waals surface area contributed by atoms with E-state index < -0.39 is 0 Å². The first-order valence-corrected chi connectivity index (χ1v) is 7.05. The highest BCUT2D eigenvalue weighted by Crippen LogP contribution is 2.41. The molecule has 2 rings (SSSR count). The number of nitro groups is 1. The van der Waals surface area contributed by atoms with Crippen molar-refractivity contribution in [3.8, 4) is 0 Å². The van der Waals surface area contributed by atoms with Crippen LogP contribution >= 0.6 is 0 Å². The van der Waals surface area contributed by atoms with E-state index in [0.29, 0.717) is 5.41 Å². The number of benzene rings is 1. The van der Waals surface area contributed by atoms with Crippen molar-refractivity contribution >= 4 is 11.4 Å². The molecule has 0 atom stereocenters. The Bertz CT molecular complexity index is 465. The first-order valence-electron chi connectivity index (χ1n) is 7.05. The molecular formula is C15H22N2O2. The van der Waals surface area contributed by atoms with E-state index in [0.717, 1.165) is 17.8 Å². The maximum absolute atomic E-state index is 10.9. The normalized spacial score (nSPS) is 17.4. The summed E-state index contributed by atoms with van der Waals surface area (Å²) in [6.45, 7) is 5.05. The van der Waals surface area contributed by atoms with Crippen molar-refractivity contribution in [3.63, 3.8) is 0 Å². The Morgan fingerprint density at radius 2 is 2.00 bits per heavy atom. The topological polar surface area (TPSA) is 55.2 Å². The van der Waals surface area contributed by atoms with E-state index >= 15 is 0 Å². The van der Waals surface area contributed by atoms with E-state index in [1.807, 2.05) is 13.0 Å². The van der Waals surface area contributed by atoms with Gasteiger partial charge in [-0.15, -0.1) is 0 Å². The lowest BCUT2D eigenvalue weighted by Gasteiger charge is -2.28. The van der Waals surface area contributed by atoms with Gasteiger partial charge in [0.25, 0.3) is 5.69 Å². The van der Waals surface area contributed by atoms with E-state index in [1.54, 1.807) is 12.1 Å². The van der Waals surface area contributed by atoms with Crippen LogP contribution in [-0.2, 0) is 0 Å². The zero-order valence-electron chi connectivity index (χ0n) is 11.7. The number of hydrogen-bond donors (Lipinski definition) is 1. The Balaban J connectivity index is 2.08. The van der Waals surface area contributed by atoms with Crippen molar-refractivity contribution in [1.29, 1.82) is 0 Å². The van der Waals surface area contributed by atoms with Crippen LogP contribution in [0, 0.1) is 22.5 Å². The van der Waals surface area contributed by atoms with E-state index in [1.165, 1.54) is 32.1 Å². The summed E-state index contributed by atoms with van der Waals surface area (Å²) in [6.07, 6.45) is 6.33. The summed E-state index contributed by atoms with van der Waals surface area (Å²) in [6, 6.07) is 5.22.